The molecule has 1 aromatic carbocycles. The van der Waals surface area contributed by atoms with E-state index in [2.05, 4.69) is 29.4 Å². The molecule has 4 nitrogen and oxygen atoms in total. The number of amides is 1. The molecule has 0 aliphatic rings. The van der Waals surface area contributed by atoms with Crippen molar-refractivity contribution in [3.05, 3.63) is 59.4 Å². The maximum Gasteiger partial charge on any atom is 0.272 e. The molecule has 1 atom stereocenters. The van der Waals surface area contributed by atoms with Gasteiger partial charge < -0.3 is 11.1 Å². The minimum atomic E-state index is -0.232. The minimum Gasteiger partial charge on any atom is -0.397 e. The van der Waals surface area contributed by atoms with Crippen molar-refractivity contribution in [3.63, 3.8) is 0 Å². The molecule has 1 amide bonds. The number of carbonyl (C=O) groups is 1. The highest BCUT2D eigenvalue weighted by atomic mass is 16.1. The van der Waals surface area contributed by atoms with E-state index in [1.54, 1.807) is 18.3 Å². The molecule has 2 rings (SSSR count). The zero-order chi connectivity index (χ0) is 14.5. The van der Waals surface area contributed by atoms with Crippen LogP contribution in [0.3, 0.4) is 0 Å². The highest BCUT2D eigenvalue weighted by Gasteiger charge is 2.14. The molecule has 1 aromatic heterocycles. The van der Waals surface area contributed by atoms with Gasteiger partial charge in [0.1, 0.15) is 0 Å². The van der Waals surface area contributed by atoms with E-state index < -0.39 is 0 Å². The number of benzene rings is 1. The number of carbonyl (C=O) groups excluding carboxylic acids is 1. The maximum atomic E-state index is 12.1. The van der Waals surface area contributed by atoms with Gasteiger partial charge in [-0.1, -0.05) is 24.3 Å². The van der Waals surface area contributed by atoms with Crippen molar-refractivity contribution < 1.29 is 4.79 Å². The first-order valence-electron chi connectivity index (χ1n) is 6.64. The van der Waals surface area contributed by atoms with Crippen molar-refractivity contribution in [1.82, 2.24) is 10.3 Å². The van der Waals surface area contributed by atoms with Crippen molar-refractivity contribution in [2.75, 3.05) is 5.73 Å². The predicted molar refractivity (Wildman–Crippen MR) is 80.5 cm³/mol. The predicted octanol–water partition coefficient (Wildman–Crippen LogP) is 2.33. The van der Waals surface area contributed by atoms with Gasteiger partial charge in [-0.3, -0.25) is 4.79 Å². The fraction of sp³-hybridized carbons (Fsp3) is 0.250. The van der Waals surface area contributed by atoms with Crippen LogP contribution in [-0.2, 0) is 6.42 Å². The molecule has 2 aromatic rings. The highest BCUT2D eigenvalue weighted by Crippen LogP contribution is 2.11. The van der Waals surface area contributed by atoms with Gasteiger partial charge in [0.15, 0.2) is 5.69 Å². The maximum absolute atomic E-state index is 12.1. The van der Waals surface area contributed by atoms with Crippen molar-refractivity contribution in [1.29, 1.82) is 0 Å². The van der Waals surface area contributed by atoms with E-state index in [9.17, 15) is 4.79 Å². The van der Waals surface area contributed by atoms with Crippen LogP contribution < -0.4 is 11.1 Å². The van der Waals surface area contributed by atoms with Crippen molar-refractivity contribution in [2.45, 2.75) is 26.3 Å². The molecule has 0 bridgehead atoms. The molecule has 0 saturated carbocycles. The second-order valence-corrected chi connectivity index (χ2v) is 4.95. The Bertz CT molecular complexity index is 610. The second kappa shape index (κ2) is 6.19. The first kappa shape index (κ1) is 14.1. The molecule has 20 heavy (non-hydrogen) atoms. The van der Waals surface area contributed by atoms with Gasteiger partial charge in [-0.15, -0.1) is 0 Å². The van der Waals surface area contributed by atoms with E-state index in [0.29, 0.717) is 5.69 Å². The normalized spacial score (nSPS) is 11.9. The summed E-state index contributed by atoms with van der Waals surface area (Å²) < 4.78 is 0. The molecule has 0 aliphatic carbocycles. The van der Waals surface area contributed by atoms with Gasteiger partial charge >= 0.3 is 0 Å². The van der Waals surface area contributed by atoms with Crippen LogP contribution in [0.25, 0.3) is 0 Å². The van der Waals surface area contributed by atoms with E-state index in [4.69, 9.17) is 5.73 Å². The number of nitrogen functional groups attached to an aromatic ring is 1. The Labute approximate surface area is 119 Å². The Hall–Kier alpha value is -2.36. The van der Waals surface area contributed by atoms with Crippen LogP contribution in [0.2, 0.25) is 0 Å². The number of nitrogens with zero attached hydrogens (tertiary/aromatic N) is 1. The van der Waals surface area contributed by atoms with Crippen LogP contribution >= 0.6 is 0 Å². The van der Waals surface area contributed by atoms with Gasteiger partial charge in [-0.25, -0.2) is 4.98 Å². The van der Waals surface area contributed by atoms with Gasteiger partial charge in [0.2, 0.25) is 0 Å². The molecule has 1 heterocycles. The number of pyridine rings is 1. The first-order chi connectivity index (χ1) is 9.58. The number of rotatable bonds is 4. The third-order valence-corrected chi connectivity index (χ3v) is 3.22. The molecule has 0 spiro atoms. The van der Waals surface area contributed by atoms with Gasteiger partial charge in [0.05, 0.1) is 5.69 Å². The quantitative estimate of drug-likeness (QED) is 0.895. The Balaban J connectivity index is 2.02. The summed E-state index contributed by atoms with van der Waals surface area (Å²) in [4.78, 5) is 16.1. The summed E-state index contributed by atoms with van der Waals surface area (Å²) in [5.41, 5.74) is 8.89. The third-order valence-electron chi connectivity index (χ3n) is 3.22. The van der Waals surface area contributed by atoms with Gasteiger partial charge in [0.25, 0.3) is 5.91 Å². The van der Waals surface area contributed by atoms with Crippen LogP contribution in [0.1, 0.15) is 28.5 Å². The number of hydrogen-bond acceptors (Lipinski definition) is 3. The molecule has 0 fully saturated rings. The highest BCUT2D eigenvalue weighted by molar-refractivity contribution is 5.97. The number of nitrogens with two attached hydrogens (primary N) is 1. The van der Waals surface area contributed by atoms with Crippen LogP contribution in [0.15, 0.2) is 42.6 Å². The standard InChI is InChI=1S/C16H19N3O/c1-11-6-3-4-7-13(11)10-12(2)19-16(20)15-14(17)8-5-9-18-15/h3-9,12H,10,17H2,1-2H3,(H,19,20). The number of hydrogen-bond donors (Lipinski definition) is 2. The average Bonchev–Trinajstić information content (AvgIpc) is 2.41. The number of anilines is 1. The van der Waals surface area contributed by atoms with Crippen molar-refractivity contribution in [2.24, 2.45) is 0 Å². The van der Waals surface area contributed by atoms with Gasteiger partial charge in [-0.05, 0) is 43.5 Å². The van der Waals surface area contributed by atoms with E-state index in [1.807, 2.05) is 19.1 Å². The van der Waals surface area contributed by atoms with Crippen LogP contribution in [0, 0.1) is 6.92 Å². The Kier molecular flexibility index (Phi) is 4.35. The molecular weight excluding hydrogens is 250 g/mol. The van der Waals surface area contributed by atoms with Gasteiger partial charge in [-0.2, -0.15) is 0 Å². The molecule has 0 saturated heterocycles. The Morgan fingerprint density at radius 2 is 2.05 bits per heavy atom. The smallest absolute Gasteiger partial charge is 0.272 e. The van der Waals surface area contributed by atoms with E-state index >= 15 is 0 Å². The Morgan fingerprint density at radius 3 is 2.75 bits per heavy atom. The summed E-state index contributed by atoms with van der Waals surface area (Å²) in [6.45, 7) is 4.05. The Morgan fingerprint density at radius 1 is 1.30 bits per heavy atom. The van der Waals surface area contributed by atoms with Crippen molar-refractivity contribution >= 4 is 11.6 Å². The first-order valence-corrected chi connectivity index (χ1v) is 6.64. The largest absolute Gasteiger partial charge is 0.397 e. The summed E-state index contributed by atoms with van der Waals surface area (Å²) in [5, 5.41) is 2.93. The van der Waals surface area contributed by atoms with Crippen molar-refractivity contribution in [3.8, 4) is 0 Å². The SMILES string of the molecule is Cc1ccccc1CC(C)NC(=O)c1ncccc1N. The molecular formula is C16H19N3O. The van der Waals surface area contributed by atoms with Gasteiger partial charge in [0, 0.05) is 12.2 Å². The lowest BCUT2D eigenvalue weighted by atomic mass is 10.0. The fourth-order valence-corrected chi connectivity index (χ4v) is 2.12. The monoisotopic (exact) mass is 269 g/mol. The minimum absolute atomic E-state index is 0.0185. The summed E-state index contributed by atoms with van der Waals surface area (Å²) in [6, 6.07) is 11.6. The van der Waals surface area contributed by atoms with Crippen LogP contribution in [0.4, 0.5) is 5.69 Å². The number of aromatic nitrogens is 1. The summed E-state index contributed by atoms with van der Waals surface area (Å²) >= 11 is 0. The lowest BCUT2D eigenvalue weighted by Gasteiger charge is -2.15. The topological polar surface area (TPSA) is 68.0 Å². The summed E-state index contributed by atoms with van der Waals surface area (Å²) in [5.74, 6) is -0.232. The molecule has 3 N–H and O–H groups in total. The molecule has 0 aliphatic heterocycles. The van der Waals surface area contributed by atoms with E-state index in [-0.39, 0.29) is 17.6 Å². The lowest BCUT2D eigenvalue weighted by molar-refractivity contribution is 0.0936. The zero-order valence-corrected chi connectivity index (χ0v) is 11.8. The lowest BCUT2D eigenvalue weighted by Crippen LogP contribution is -2.35. The summed E-state index contributed by atoms with van der Waals surface area (Å²) in [7, 11) is 0. The molecule has 1 unspecified atom stereocenters. The van der Waals surface area contributed by atoms with Crippen LogP contribution in [0.5, 0.6) is 0 Å². The average molecular weight is 269 g/mol. The molecule has 4 heteroatoms. The molecule has 0 radical (unpaired) electrons. The number of nitrogens with one attached hydrogen (secondary N) is 1. The van der Waals surface area contributed by atoms with E-state index in [1.165, 1.54) is 11.1 Å². The second-order valence-electron chi connectivity index (χ2n) is 4.95. The van der Waals surface area contributed by atoms with E-state index in [0.717, 1.165) is 6.42 Å². The zero-order valence-electron chi connectivity index (χ0n) is 11.8. The summed E-state index contributed by atoms with van der Waals surface area (Å²) in [6.07, 6.45) is 2.35. The fourth-order valence-electron chi connectivity index (χ4n) is 2.12. The third kappa shape index (κ3) is 3.35. The van der Waals surface area contributed by atoms with Crippen LogP contribution in [-0.4, -0.2) is 16.9 Å². The number of aryl methyl sites for hydroxylation is 1. The molecule has 104 valence electrons.